The number of piperazine rings is 1. The van der Waals surface area contributed by atoms with E-state index in [2.05, 4.69) is 39.7 Å². The van der Waals surface area contributed by atoms with Crippen molar-refractivity contribution in [2.45, 2.75) is 31.8 Å². The van der Waals surface area contributed by atoms with Crippen LogP contribution in [0.4, 0.5) is 17.5 Å². The maximum absolute atomic E-state index is 4.71. The van der Waals surface area contributed by atoms with Gasteiger partial charge in [-0.15, -0.1) is 12.4 Å². The molecule has 4 rings (SSSR count). The summed E-state index contributed by atoms with van der Waals surface area (Å²) < 4.78 is 2.04. The zero-order valence-electron chi connectivity index (χ0n) is 14.1. The van der Waals surface area contributed by atoms with Crippen molar-refractivity contribution in [2.75, 3.05) is 23.3 Å². The van der Waals surface area contributed by atoms with Gasteiger partial charge in [-0.25, -0.2) is 9.55 Å². The molecule has 0 amide bonds. The second kappa shape index (κ2) is 6.91. The minimum absolute atomic E-state index is 0. The average Bonchev–Trinajstić information content (AvgIpc) is 2.85. The third-order valence-electron chi connectivity index (χ3n) is 4.57. The standard InChI is InChI=1S/C17H23N6.ClH/c1-12-7-15(9-22(2)8-12)20-17-18-6-5-16(21-17)23-10-13-3-4-14(11-23)19-13;/h5-9,13-14,19H,3-4,10-11H2,1-2H3,(H,18,20,21);1H/q+1;/t13-,14+;. The van der Waals surface area contributed by atoms with Crippen molar-refractivity contribution < 1.29 is 4.57 Å². The van der Waals surface area contributed by atoms with E-state index in [-0.39, 0.29) is 12.4 Å². The average molecular weight is 348 g/mol. The Balaban J connectivity index is 0.00000169. The van der Waals surface area contributed by atoms with Crippen molar-refractivity contribution in [3.8, 4) is 0 Å². The first-order chi connectivity index (χ1) is 11.2. The largest absolute Gasteiger partial charge is 0.353 e. The number of anilines is 3. The molecule has 2 aromatic rings. The van der Waals surface area contributed by atoms with Gasteiger partial charge in [0.1, 0.15) is 18.6 Å². The highest BCUT2D eigenvalue weighted by Gasteiger charge is 2.32. The van der Waals surface area contributed by atoms with E-state index >= 15 is 0 Å². The fourth-order valence-electron chi connectivity index (χ4n) is 3.66. The van der Waals surface area contributed by atoms with Crippen LogP contribution in [0.2, 0.25) is 0 Å². The highest BCUT2D eigenvalue weighted by Crippen LogP contribution is 2.24. The summed E-state index contributed by atoms with van der Waals surface area (Å²) in [6, 6.07) is 5.32. The summed E-state index contributed by atoms with van der Waals surface area (Å²) >= 11 is 0. The van der Waals surface area contributed by atoms with Crippen LogP contribution in [-0.4, -0.2) is 35.1 Å². The van der Waals surface area contributed by atoms with Crippen molar-refractivity contribution in [3.63, 3.8) is 0 Å². The molecule has 2 aliphatic heterocycles. The van der Waals surface area contributed by atoms with Gasteiger partial charge in [0.25, 0.3) is 0 Å². The minimum atomic E-state index is 0. The van der Waals surface area contributed by atoms with E-state index < -0.39 is 0 Å². The summed E-state index contributed by atoms with van der Waals surface area (Å²) in [6.45, 7) is 4.15. The second-order valence-corrected chi connectivity index (χ2v) is 6.67. The molecule has 2 N–H and O–H groups in total. The molecule has 2 saturated heterocycles. The number of aromatic nitrogens is 3. The first-order valence-electron chi connectivity index (χ1n) is 8.24. The molecule has 24 heavy (non-hydrogen) atoms. The molecule has 2 aromatic heterocycles. The molecule has 0 saturated carbocycles. The third-order valence-corrected chi connectivity index (χ3v) is 4.57. The minimum Gasteiger partial charge on any atom is -0.353 e. The molecule has 0 unspecified atom stereocenters. The van der Waals surface area contributed by atoms with E-state index in [1.54, 1.807) is 0 Å². The molecule has 2 fully saturated rings. The van der Waals surface area contributed by atoms with Gasteiger partial charge in [-0.05, 0) is 31.9 Å². The van der Waals surface area contributed by atoms with Crippen molar-refractivity contribution in [3.05, 3.63) is 36.3 Å². The zero-order valence-corrected chi connectivity index (χ0v) is 14.9. The monoisotopic (exact) mass is 347 g/mol. The molecule has 4 heterocycles. The summed E-state index contributed by atoms with van der Waals surface area (Å²) in [7, 11) is 2.02. The van der Waals surface area contributed by atoms with Gasteiger partial charge in [0.05, 0.1) is 0 Å². The molecular formula is C17H24ClN6+. The lowest BCUT2D eigenvalue weighted by atomic mass is 10.2. The fourth-order valence-corrected chi connectivity index (χ4v) is 3.66. The number of hydrogen-bond donors (Lipinski definition) is 2. The van der Waals surface area contributed by atoms with Crippen molar-refractivity contribution in [1.29, 1.82) is 0 Å². The number of aryl methyl sites for hydroxylation is 2. The quantitative estimate of drug-likeness (QED) is 0.828. The predicted molar refractivity (Wildman–Crippen MR) is 97.1 cm³/mol. The Morgan fingerprint density at radius 1 is 1.25 bits per heavy atom. The molecule has 128 valence electrons. The molecule has 2 aliphatic rings. The molecule has 6 nitrogen and oxygen atoms in total. The number of hydrogen-bond acceptors (Lipinski definition) is 5. The molecule has 7 heteroatoms. The van der Waals surface area contributed by atoms with Gasteiger partial charge in [0, 0.05) is 36.9 Å². The lowest BCUT2D eigenvalue weighted by molar-refractivity contribution is -0.671. The summed E-state index contributed by atoms with van der Waals surface area (Å²) in [5.74, 6) is 1.66. The van der Waals surface area contributed by atoms with E-state index in [0.29, 0.717) is 18.0 Å². The van der Waals surface area contributed by atoms with E-state index in [9.17, 15) is 0 Å². The molecule has 0 spiro atoms. The Hall–Kier alpha value is -1.92. The maximum atomic E-state index is 4.71. The fraction of sp³-hybridized carbons (Fsp3) is 0.471. The van der Waals surface area contributed by atoms with Gasteiger partial charge < -0.3 is 15.5 Å². The van der Waals surface area contributed by atoms with E-state index in [1.807, 2.05) is 30.1 Å². The third kappa shape index (κ3) is 3.60. The first kappa shape index (κ1) is 16.9. The Kier molecular flexibility index (Phi) is 4.87. The molecule has 0 radical (unpaired) electrons. The van der Waals surface area contributed by atoms with Crippen molar-refractivity contribution in [1.82, 2.24) is 15.3 Å². The molecular weight excluding hydrogens is 324 g/mol. The van der Waals surface area contributed by atoms with E-state index in [1.165, 1.54) is 18.4 Å². The maximum Gasteiger partial charge on any atom is 0.229 e. The van der Waals surface area contributed by atoms with E-state index in [4.69, 9.17) is 4.98 Å². The second-order valence-electron chi connectivity index (χ2n) is 6.67. The van der Waals surface area contributed by atoms with Crippen LogP contribution in [0.5, 0.6) is 0 Å². The van der Waals surface area contributed by atoms with Crippen LogP contribution in [0.25, 0.3) is 0 Å². The van der Waals surface area contributed by atoms with E-state index in [0.717, 1.165) is 24.6 Å². The Labute approximate surface area is 148 Å². The van der Waals surface area contributed by atoms with Crippen molar-refractivity contribution >= 4 is 29.9 Å². The lowest BCUT2D eigenvalue weighted by Gasteiger charge is -2.33. The Morgan fingerprint density at radius 2 is 2.00 bits per heavy atom. The van der Waals surface area contributed by atoms with Gasteiger partial charge in [-0.2, -0.15) is 4.98 Å². The van der Waals surface area contributed by atoms with Crippen LogP contribution in [0.3, 0.4) is 0 Å². The Bertz CT molecular complexity index is 690. The number of nitrogens with one attached hydrogen (secondary N) is 2. The smallest absolute Gasteiger partial charge is 0.229 e. The van der Waals surface area contributed by atoms with Crippen LogP contribution in [-0.2, 0) is 7.05 Å². The highest BCUT2D eigenvalue weighted by atomic mass is 35.5. The lowest BCUT2D eigenvalue weighted by Crippen LogP contribution is -2.51. The van der Waals surface area contributed by atoms with Crippen LogP contribution >= 0.6 is 12.4 Å². The van der Waals surface area contributed by atoms with Crippen molar-refractivity contribution in [2.24, 2.45) is 7.05 Å². The molecule has 0 aromatic carbocycles. The summed E-state index contributed by atoms with van der Waals surface area (Å²) in [5.41, 5.74) is 2.21. The highest BCUT2D eigenvalue weighted by molar-refractivity contribution is 5.85. The van der Waals surface area contributed by atoms with Gasteiger partial charge in [0.15, 0.2) is 12.4 Å². The Morgan fingerprint density at radius 3 is 2.71 bits per heavy atom. The normalized spacial score (nSPS) is 22.2. The predicted octanol–water partition coefficient (Wildman–Crippen LogP) is 1.72. The molecule has 0 aliphatic carbocycles. The number of pyridine rings is 1. The number of nitrogens with zero attached hydrogens (tertiary/aromatic N) is 4. The number of rotatable bonds is 3. The van der Waals surface area contributed by atoms with Crippen LogP contribution in [0.1, 0.15) is 18.4 Å². The van der Waals surface area contributed by atoms with Gasteiger partial charge in [0.2, 0.25) is 5.95 Å². The number of halogens is 1. The van der Waals surface area contributed by atoms with Gasteiger partial charge >= 0.3 is 0 Å². The van der Waals surface area contributed by atoms with Gasteiger partial charge in [-0.3, -0.25) is 0 Å². The topological polar surface area (TPSA) is 57.0 Å². The van der Waals surface area contributed by atoms with Crippen LogP contribution in [0, 0.1) is 6.92 Å². The molecule has 2 atom stereocenters. The summed E-state index contributed by atoms with van der Waals surface area (Å²) in [5, 5.41) is 6.97. The molecule has 2 bridgehead atoms. The number of fused-ring (bicyclic) bond motifs is 2. The van der Waals surface area contributed by atoms with Crippen LogP contribution in [0.15, 0.2) is 30.7 Å². The summed E-state index contributed by atoms with van der Waals surface area (Å²) in [4.78, 5) is 11.5. The van der Waals surface area contributed by atoms with Gasteiger partial charge in [-0.1, -0.05) is 0 Å². The first-order valence-corrected chi connectivity index (χ1v) is 8.24. The summed E-state index contributed by atoms with van der Waals surface area (Å²) in [6.07, 6.45) is 8.51. The SMILES string of the molecule is Cc1cc(Nc2nccc(N3C[C@H]4CC[C@@H](C3)N4)n2)c[n+](C)c1.Cl. The van der Waals surface area contributed by atoms with Crippen LogP contribution < -0.4 is 20.1 Å². The zero-order chi connectivity index (χ0) is 15.8.